The minimum absolute atomic E-state index is 0.189. The molecule has 2 aromatic rings. The fraction of sp³-hybridized carbons (Fsp3) is 0.438. The normalized spacial score (nSPS) is 12.9. The molecule has 0 radical (unpaired) electrons. The lowest BCUT2D eigenvalue weighted by Gasteiger charge is -2.11. The van der Waals surface area contributed by atoms with Gasteiger partial charge in [-0.3, -0.25) is 4.79 Å². The van der Waals surface area contributed by atoms with E-state index in [-0.39, 0.29) is 5.43 Å². The van der Waals surface area contributed by atoms with E-state index in [9.17, 15) is 4.79 Å². The van der Waals surface area contributed by atoms with Crippen LogP contribution in [0.4, 0.5) is 0 Å². The Kier molecular flexibility index (Phi) is 3.55. The van der Waals surface area contributed by atoms with Crippen molar-refractivity contribution in [2.24, 2.45) is 0 Å². The smallest absolute Gasteiger partial charge is 0.192 e. The summed E-state index contributed by atoms with van der Waals surface area (Å²) in [6.45, 7) is 8.38. The van der Waals surface area contributed by atoms with Crippen molar-refractivity contribution >= 4 is 10.9 Å². The van der Waals surface area contributed by atoms with Gasteiger partial charge in [0.15, 0.2) is 5.43 Å². The number of aromatic amines is 1. The molecular weight excluding hydrogens is 222 g/mol. The third-order valence-electron chi connectivity index (χ3n) is 3.87. The highest BCUT2D eigenvalue weighted by atomic mass is 16.1. The molecule has 1 unspecified atom stereocenters. The molecule has 0 spiro atoms. The minimum atomic E-state index is 0.189. The van der Waals surface area contributed by atoms with Gasteiger partial charge in [-0.25, -0.2) is 0 Å². The monoisotopic (exact) mass is 243 g/mol. The zero-order chi connectivity index (χ0) is 13.3. The van der Waals surface area contributed by atoms with Gasteiger partial charge in [0.25, 0.3) is 0 Å². The van der Waals surface area contributed by atoms with Crippen LogP contribution in [0.25, 0.3) is 10.9 Å². The van der Waals surface area contributed by atoms with E-state index in [0.29, 0.717) is 5.92 Å². The molecule has 0 saturated carbocycles. The Morgan fingerprint density at radius 1 is 1.28 bits per heavy atom. The molecule has 2 heteroatoms. The van der Waals surface area contributed by atoms with Gasteiger partial charge in [-0.2, -0.15) is 0 Å². The van der Waals surface area contributed by atoms with Gasteiger partial charge in [0.2, 0.25) is 0 Å². The molecule has 96 valence electrons. The standard InChI is InChI=1S/C16H21NO/c1-5-10(3)12-7-8-15-14(9-12)16(18)13(6-2)11(4)17-15/h7-10H,5-6H2,1-4H3,(H,17,18). The molecule has 1 N–H and O–H groups in total. The number of pyridine rings is 1. The van der Waals surface area contributed by atoms with E-state index >= 15 is 0 Å². The zero-order valence-electron chi connectivity index (χ0n) is 11.6. The molecule has 0 amide bonds. The van der Waals surface area contributed by atoms with Crippen LogP contribution in [-0.4, -0.2) is 4.98 Å². The molecule has 1 aromatic carbocycles. The van der Waals surface area contributed by atoms with Crippen LogP contribution >= 0.6 is 0 Å². The highest BCUT2D eigenvalue weighted by molar-refractivity contribution is 5.80. The maximum atomic E-state index is 12.4. The number of nitrogens with one attached hydrogen (secondary N) is 1. The molecule has 0 fully saturated rings. The maximum Gasteiger partial charge on any atom is 0.192 e. The summed E-state index contributed by atoms with van der Waals surface area (Å²) >= 11 is 0. The van der Waals surface area contributed by atoms with Gasteiger partial charge >= 0.3 is 0 Å². The Morgan fingerprint density at radius 2 is 2.00 bits per heavy atom. The second-order valence-electron chi connectivity index (χ2n) is 5.03. The third kappa shape index (κ3) is 2.07. The Hall–Kier alpha value is -1.57. The fourth-order valence-corrected chi connectivity index (χ4v) is 2.44. The number of aryl methyl sites for hydroxylation is 1. The summed E-state index contributed by atoms with van der Waals surface area (Å²) in [5.74, 6) is 0.500. The Balaban J connectivity index is 2.72. The van der Waals surface area contributed by atoms with Crippen LogP contribution < -0.4 is 5.43 Å². The zero-order valence-corrected chi connectivity index (χ0v) is 11.6. The predicted molar refractivity (Wildman–Crippen MR) is 77.4 cm³/mol. The second kappa shape index (κ2) is 4.97. The van der Waals surface area contributed by atoms with E-state index < -0.39 is 0 Å². The van der Waals surface area contributed by atoms with Crippen LogP contribution in [0.3, 0.4) is 0 Å². The number of fused-ring (bicyclic) bond motifs is 1. The van der Waals surface area contributed by atoms with E-state index in [4.69, 9.17) is 0 Å². The topological polar surface area (TPSA) is 32.9 Å². The molecule has 2 nitrogen and oxygen atoms in total. The van der Waals surface area contributed by atoms with Gasteiger partial charge in [-0.05, 0) is 43.4 Å². The largest absolute Gasteiger partial charge is 0.358 e. The van der Waals surface area contributed by atoms with Crippen LogP contribution in [0, 0.1) is 6.92 Å². The van der Waals surface area contributed by atoms with Gasteiger partial charge in [-0.1, -0.05) is 26.8 Å². The molecule has 1 aromatic heterocycles. The lowest BCUT2D eigenvalue weighted by Crippen LogP contribution is -2.12. The highest BCUT2D eigenvalue weighted by Gasteiger charge is 2.10. The summed E-state index contributed by atoms with van der Waals surface area (Å²) in [5, 5.41) is 0.829. The Morgan fingerprint density at radius 3 is 2.61 bits per heavy atom. The van der Waals surface area contributed by atoms with Gasteiger partial charge in [0.05, 0.1) is 0 Å². The van der Waals surface area contributed by atoms with E-state index in [1.165, 1.54) is 5.56 Å². The lowest BCUT2D eigenvalue weighted by atomic mass is 9.96. The number of aromatic nitrogens is 1. The van der Waals surface area contributed by atoms with E-state index in [1.807, 2.05) is 19.9 Å². The van der Waals surface area contributed by atoms with Crippen LogP contribution in [0.5, 0.6) is 0 Å². The van der Waals surface area contributed by atoms with Crippen molar-refractivity contribution < 1.29 is 0 Å². The summed E-state index contributed by atoms with van der Waals surface area (Å²) in [5.41, 5.74) is 4.28. The molecule has 0 aliphatic rings. The van der Waals surface area contributed by atoms with Crippen molar-refractivity contribution in [2.45, 2.75) is 46.5 Å². The van der Waals surface area contributed by atoms with E-state index in [2.05, 4.69) is 31.0 Å². The van der Waals surface area contributed by atoms with Gasteiger partial charge in [0, 0.05) is 22.2 Å². The number of hydrogen-bond acceptors (Lipinski definition) is 1. The average molecular weight is 243 g/mol. The first-order valence-electron chi connectivity index (χ1n) is 6.73. The Labute approximate surface area is 108 Å². The fourth-order valence-electron chi connectivity index (χ4n) is 2.44. The number of H-pyrrole nitrogens is 1. The third-order valence-corrected chi connectivity index (χ3v) is 3.87. The molecule has 0 aliphatic heterocycles. The first-order chi connectivity index (χ1) is 8.58. The van der Waals surface area contributed by atoms with Crippen molar-refractivity contribution in [2.75, 3.05) is 0 Å². The minimum Gasteiger partial charge on any atom is -0.358 e. The van der Waals surface area contributed by atoms with Crippen molar-refractivity contribution in [1.82, 2.24) is 4.98 Å². The van der Waals surface area contributed by atoms with Crippen LogP contribution in [-0.2, 0) is 6.42 Å². The molecule has 0 bridgehead atoms. The van der Waals surface area contributed by atoms with Gasteiger partial charge in [-0.15, -0.1) is 0 Å². The first-order valence-corrected chi connectivity index (χ1v) is 6.73. The SMILES string of the molecule is CCc1c(C)[nH]c2ccc(C(C)CC)cc2c1=O. The van der Waals surface area contributed by atoms with Crippen molar-refractivity contribution in [3.63, 3.8) is 0 Å². The molecule has 0 aliphatic carbocycles. The van der Waals surface area contributed by atoms with Gasteiger partial charge in [0.1, 0.15) is 0 Å². The summed E-state index contributed by atoms with van der Waals surface area (Å²) in [4.78, 5) is 15.8. The molecule has 0 saturated heterocycles. The molecule has 1 atom stereocenters. The van der Waals surface area contributed by atoms with Crippen molar-refractivity contribution in [3.05, 3.63) is 45.2 Å². The van der Waals surface area contributed by atoms with Crippen molar-refractivity contribution in [3.8, 4) is 0 Å². The summed E-state index contributed by atoms with van der Waals surface area (Å²) in [6, 6.07) is 6.21. The quantitative estimate of drug-likeness (QED) is 0.871. The molecule has 1 heterocycles. The van der Waals surface area contributed by atoms with Crippen LogP contribution in [0.15, 0.2) is 23.0 Å². The van der Waals surface area contributed by atoms with Crippen molar-refractivity contribution in [1.29, 1.82) is 0 Å². The van der Waals surface area contributed by atoms with Crippen LogP contribution in [0.1, 0.15) is 49.9 Å². The molecule has 2 rings (SSSR count). The second-order valence-corrected chi connectivity index (χ2v) is 5.03. The molecule has 18 heavy (non-hydrogen) atoms. The average Bonchev–Trinajstić information content (AvgIpc) is 2.38. The highest BCUT2D eigenvalue weighted by Crippen LogP contribution is 2.22. The number of rotatable bonds is 3. The number of benzene rings is 1. The van der Waals surface area contributed by atoms with E-state index in [1.54, 1.807) is 0 Å². The number of hydrogen-bond donors (Lipinski definition) is 1. The van der Waals surface area contributed by atoms with Gasteiger partial charge < -0.3 is 4.98 Å². The molecular formula is C16H21NO. The van der Waals surface area contributed by atoms with Crippen LogP contribution in [0.2, 0.25) is 0 Å². The Bertz CT molecular complexity index is 625. The maximum absolute atomic E-state index is 12.4. The summed E-state index contributed by atoms with van der Waals surface area (Å²) in [6.07, 6.45) is 1.88. The van der Waals surface area contributed by atoms with E-state index in [0.717, 1.165) is 35.0 Å². The lowest BCUT2D eigenvalue weighted by molar-refractivity contribution is 0.734. The summed E-state index contributed by atoms with van der Waals surface area (Å²) in [7, 11) is 0. The first kappa shape index (κ1) is 12.9. The summed E-state index contributed by atoms with van der Waals surface area (Å²) < 4.78 is 0. The predicted octanol–water partition coefficient (Wildman–Crippen LogP) is 3.91.